The number of carboxylic acids is 1. The second kappa shape index (κ2) is 7.45. The van der Waals surface area contributed by atoms with Crippen molar-refractivity contribution in [2.45, 2.75) is 105 Å². The molecule has 5 nitrogen and oxygen atoms in total. The van der Waals surface area contributed by atoms with Gasteiger partial charge in [-0.3, -0.25) is 4.79 Å². The highest BCUT2D eigenvalue weighted by Gasteiger charge is 2.70. The van der Waals surface area contributed by atoms with Crippen molar-refractivity contribution in [1.29, 1.82) is 0 Å². The monoisotopic (exact) mass is 486 g/mol. The van der Waals surface area contributed by atoms with Crippen molar-refractivity contribution >= 4 is 5.97 Å². The lowest BCUT2D eigenvalue weighted by Gasteiger charge is -2.71. The van der Waals surface area contributed by atoms with Gasteiger partial charge in [0.15, 0.2) is 0 Å². The molecule has 4 N–H and O–H groups in total. The summed E-state index contributed by atoms with van der Waals surface area (Å²) in [6, 6.07) is 0. The molecular weight excluding hydrogens is 440 g/mol. The van der Waals surface area contributed by atoms with Crippen molar-refractivity contribution in [3.63, 3.8) is 0 Å². The standard InChI is InChI=1S/C30H46O5/c1-18-10-15-29(24(31)32)17-16-26(4)20(23(29)19(18)2)8-9-21-25(3)12-7-13-28(6,30(33,34)35)22(25)11-14-27(21,26)5/h8,19,21-23,33-35H,1,7,9-17H2,2-6H3,(H,31,32)/t19-,21+,22+,23-,25+,26+,27+,28?,29-/m0/s1. The molecule has 5 rings (SSSR count). The number of hydrogen-bond donors (Lipinski definition) is 4. The number of aliphatic hydroxyl groups is 3. The molecule has 5 aliphatic rings. The van der Waals surface area contributed by atoms with Gasteiger partial charge in [-0.05, 0) is 91.8 Å². The highest BCUT2D eigenvalue weighted by atomic mass is 16.7. The Morgan fingerprint density at radius 3 is 2.31 bits per heavy atom. The highest BCUT2D eigenvalue weighted by Crippen LogP contribution is 2.76. The lowest BCUT2D eigenvalue weighted by Crippen LogP contribution is -2.66. The van der Waals surface area contributed by atoms with Crippen molar-refractivity contribution in [3.05, 3.63) is 23.8 Å². The molecule has 196 valence electrons. The molecule has 0 bridgehead atoms. The van der Waals surface area contributed by atoms with Crippen LogP contribution in [0.2, 0.25) is 0 Å². The molecular formula is C30H46O5. The van der Waals surface area contributed by atoms with Crippen LogP contribution >= 0.6 is 0 Å². The first kappa shape index (κ1) is 25.5. The van der Waals surface area contributed by atoms with Crippen molar-refractivity contribution in [2.75, 3.05) is 0 Å². The molecule has 0 aromatic carbocycles. The maximum atomic E-state index is 12.8. The first-order valence-electron chi connectivity index (χ1n) is 13.9. The van der Waals surface area contributed by atoms with E-state index in [4.69, 9.17) is 0 Å². The summed E-state index contributed by atoms with van der Waals surface area (Å²) >= 11 is 0. The van der Waals surface area contributed by atoms with Gasteiger partial charge < -0.3 is 20.4 Å². The average Bonchev–Trinajstić information content (AvgIpc) is 2.75. The predicted octanol–water partition coefficient (Wildman–Crippen LogP) is 5.65. The summed E-state index contributed by atoms with van der Waals surface area (Å²) in [4.78, 5) is 12.8. The zero-order valence-corrected chi connectivity index (χ0v) is 22.4. The number of hydrogen-bond acceptors (Lipinski definition) is 4. The quantitative estimate of drug-likeness (QED) is 0.299. The number of fused-ring (bicyclic) bond motifs is 7. The molecule has 5 heteroatoms. The van der Waals surface area contributed by atoms with Gasteiger partial charge in [0.25, 0.3) is 5.97 Å². The van der Waals surface area contributed by atoms with E-state index in [0.717, 1.165) is 44.9 Å². The van der Waals surface area contributed by atoms with Gasteiger partial charge in [-0.15, -0.1) is 0 Å². The fourth-order valence-electron chi connectivity index (χ4n) is 10.8. The molecule has 1 unspecified atom stereocenters. The number of carboxylic acid groups (broad SMARTS) is 1. The zero-order valence-electron chi connectivity index (χ0n) is 22.4. The van der Waals surface area contributed by atoms with E-state index in [0.29, 0.717) is 25.2 Å². The number of carbonyl (C=O) groups is 1. The maximum Gasteiger partial charge on any atom is 0.310 e. The summed E-state index contributed by atoms with van der Waals surface area (Å²) in [5.74, 6) is -2.79. The fourth-order valence-corrected chi connectivity index (χ4v) is 10.8. The van der Waals surface area contributed by atoms with E-state index in [9.17, 15) is 25.2 Å². The van der Waals surface area contributed by atoms with Crippen LogP contribution in [0.5, 0.6) is 0 Å². The molecule has 4 fully saturated rings. The summed E-state index contributed by atoms with van der Waals surface area (Å²) in [6.07, 6.45) is 10.7. The first-order chi connectivity index (χ1) is 16.1. The van der Waals surface area contributed by atoms with Crippen LogP contribution < -0.4 is 0 Å². The van der Waals surface area contributed by atoms with Crippen LogP contribution in [0.3, 0.4) is 0 Å². The van der Waals surface area contributed by atoms with Crippen LogP contribution in [0, 0.1) is 50.7 Å². The molecule has 0 heterocycles. The third kappa shape index (κ3) is 2.95. The highest BCUT2D eigenvalue weighted by molar-refractivity contribution is 5.77. The normalized spacial score (nSPS) is 51.9. The predicted molar refractivity (Wildman–Crippen MR) is 135 cm³/mol. The van der Waals surface area contributed by atoms with Crippen molar-refractivity contribution < 1.29 is 25.2 Å². The van der Waals surface area contributed by atoms with Crippen LogP contribution in [-0.4, -0.2) is 32.4 Å². The summed E-state index contributed by atoms with van der Waals surface area (Å²) in [5, 5.41) is 41.9. The van der Waals surface area contributed by atoms with Crippen LogP contribution in [0.1, 0.15) is 98.8 Å². The van der Waals surface area contributed by atoms with E-state index in [1.165, 1.54) is 11.1 Å². The molecule has 0 spiro atoms. The fraction of sp³-hybridized carbons (Fsp3) is 0.833. The van der Waals surface area contributed by atoms with Crippen molar-refractivity contribution in [2.24, 2.45) is 50.7 Å². The number of aliphatic carboxylic acids is 1. The maximum absolute atomic E-state index is 12.8. The zero-order chi connectivity index (χ0) is 25.8. The van der Waals surface area contributed by atoms with Gasteiger partial charge in [0.2, 0.25) is 0 Å². The van der Waals surface area contributed by atoms with Gasteiger partial charge in [0.1, 0.15) is 0 Å². The Balaban J connectivity index is 1.62. The molecule has 35 heavy (non-hydrogen) atoms. The van der Waals surface area contributed by atoms with Gasteiger partial charge in [-0.2, -0.15) is 0 Å². The topological polar surface area (TPSA) is 98.0 Å². The van der Waals surface area contributed by atoms with E-state index in [1.807, 2.05) is 6.92 Å². The summed E-state index contributed by atoms with van der Waals surface area (Å²) in [5.41, 5.74) is 0.687. The van der Waals surface area contributed by atoms with E-state index in [-0.39, 0.29) is 34.0 Å². The second-order valence-electron chi connectivity index (χ2n) is 14.1. The van der Waals surface area contributed by atoms with Gasteiger partial charge in [0, 0.05) is 5.92 Å². The minimum atomic E-state index is -2.68. The minimum absolute atomic E-state index is 0.0000913. The first-order valence-corrected chi connectivity index (χ1v) is 13.9. The third-order valence-corrected chi connectivity index (χ3v) is 13.2. The molecule has 0 saturated heterocycles. The lowest BCUT2D eigenvalue weighted by molar-refractivity contribution is -0.400. The largest absolute Gasteiger partial charge is 0.481 e. The Kier molecular flexibility index (Phi) is 5.42. The number of allylic oxidation sites excluding steroid dienone is 3. The Labute approximate surface area is 210 Å². The Morgan fingerprint density at radius 1 is 1.00 bits per heavy atom. The molecule has 4 saturated carbocycles. The van der Waals surface area contributed by atoms with Gasteiger partial charge in [0.05, 0.1) is 10.8 Å². The van der Waals surface area contributed by atoms with Crippen LogP contribution in [-0.2, 0) is 4.79 Å². The molecule has 0 aromatic rings. The molecule has 0 aromatic heterocycles. The smallest absolute Gasteiger partial charge is 0.310 e. The van der Waals surface area contributed by atoms with Crippen LogP contribution in [0.25, 0.3) is 0 Å². The Morgan fingerprint density at radius 2 is 1.69 bits per heavy atom. The summed E-state index contributed by atoms with van der Waals surface area (Å²) in [7, 11) is 0. The SMILES string of the molecule is C=C1CC[C@]2(C(=O)O)CC[C@]3(C)C(=CC[C@@H]4[C@@]5(C)CCCC(C)(C(O)(O)O)[C@@H]5CC[C@]43C)[C@@H]2[C@H]1C. The van der Waals surface area contributed by atoms with E-state index < -0.39 is 22.8 Å². The van der Waals surface area contributed by atoms with Crippen LogP contribution in [0.4, 0.5) is 0 Å². The summed E-state index contributed by atoms with van der Waals surface area (Å²) < 4.78 is 0. The second-order valence-corrected chi connectivity index (χ2v) is 14.1. The van der Waals surface area contributed by atoms with E-state index in [2.05, 4.69) is 40.3 Å². The molecule has 9 atom stereocenters. The van der Waals surface area contributed by atoms with Gasteiger partial charge in [-0.25, -0.2) is 0 Å². The number of rotatable bonds is 2. The van der Waals surface area contributed by atoms with Crippen LogP contribution in [0.15, 0.2) is 23.8 Å². The third-order valence-electron chi connectivity index (χ3n) is 13.2. The molecule has 0 radical (unpaired) electrons. The molecule has 0 amide bonds. The van der Waals surface area contributed by atoms with Crippen molar-refractivity contribution in [3.8, 4) is 0 Å². The van der Waals surface area contributed by atoms with Crippen molar-refractivity contribution in [1.82, 2.24) is 0 Å². The van der Waals surface area contributed by atoms with E-state index in [1.54, 1.807) is 0 Å². The minimum Gasteiger partial charge on any atom is -0.481 e. The average molecular weight is 487 g/mol. The lowest BCUT2D eigenvalue weighted by atomic mass is 9.33. The van der Waals surface area contributed by atoms with E-state index >= 15 is 0 Å². The Bertz CT molecular complexity index is 978. The van der Waals surface area contributed by atoms with Gasteiger partial charge in [-0.1, -0.05) is 64.8 Å². The summed E-state index contributed by atoms with van der Waals surface area (Å²) in [6.45, 7) is 15.6. The molecule has 0 aliphatic heterocycles. The Hall–Kier alpha value is -1.17. The van der Waals surface area contributed by atoms with Gasteiger partial charge >= 0.3 is 5.97 Å². The molecule has 5 aliphatic carbocycles.